The predicted molar refractivity (Wildman–Crippen MR) is 107 cm³/mol. The molecule has 3 atom stereocenters. The summed E-state index contributed by atoms with van der Waals surface area (Å²) in [6, 6.07) is 0.314. The number of hydrogen-bond donors (Lipinski definition) is 2. The Balaban J connectivity index is 0.00000288. The number of aliphatic imine (C=N–C) groups is 1. The zero-order valence-corrected chi connectivity index (χ0v) is 17.7. The summed E-state index contributed by atoms with van der Waals surface area (Å²) in [5.41, 5.74) is 0. The van der Waals surface area contributed by atoms with Crippen molar-refractivity contribution >= 4 is 40.7 Å². The van der Waals surface area contributed by atoms with Crippen molar-refractivity contribution in [2.45, 2.75) is 64.3 Å². The highest BCUT2D eigenvalue weighted by Crippen LogP contribution is 2.22. The van der Waals surface area contributed by atoms with Crippen LogP contribution in [0.5, 0.6) is 0 Å². The molecule has 1 aliphatic carbocycles. The molecule has 2 N–H and O–H groups in total. The topological polar surface area (TPSA) is 92.4 Å². The van der Waals surface area contributed by atoms with Gasteiger partial charge in [-0.3, -0.25) is 4.21 Å². The molecule has 0 spiro atoms. The highest BCUT2D eigenvalue weighted by atomic mass is 127. The molecular formula is C15H28IN5O2S. The van der Waals surface area contributed by atoms with E-state index in [4.69, 9.17) is 4.52 Å². The molecule has 0 bridgehead atoms. The van der Waals surface area contributed by atoms with Gasteiger partial charge in [-0.05, 0) is 26.2 Å². The minimum Gasteiger partial charge on any atom is -0.357 e. The van der Waals surface area contributed by atoms with Gasteiger partial charge in [-0.2, -0.15) is 4.98 Å². The second kappa shape index (κ2) is 11.0. The molecule has 7 nitrogen and oxygen atoms in total. The molecule has 1 heterocycles. The largest absolute Gasteiger partial charge is 0.357 e. The van der Waals surface area contributed by atoms with E-state index in [2.05, 4.69) is 25.8 Å². The van der Waals surface area contributed by atoms with Crippen molar-refractivity contribution in [2.75, 3.05) is 12.3 Å². The van der Waals surface area contributed by atoms with Crippen LogP contribution in [0.3, 0.4) is 0 Å². The van der Waals surface area contributed by atoms with Crippen molar-refractivity contribution in [3.05, 3.63) is 11.7 Å². The van der Waals surface area contributed by atoms with E-state index < -0.39 is 10.8 Å². The van der Waals surface area contributed by atoms with Crippen LogP contribution in [-0.2, 0) is 17.3 Å². The summed E-state index contributed by atoms with van der Waals surface area (Å²) in [5.74, 6) is 2.62. The lowest BCUT2D eigenvalue weighted by Crippen LogP contribution is -2.46. The number of halogens is 1. The Morgan fingerprint density at radius 2 is 2.21 bits per heavy atom. The van der Waals surface area contributed by atoms with Gasteiger partial charge in [0.25, 0.3) is 0 Å². The van der Waals surface area contributed by atoms with Crippen LogP contribution in [0.25, 0.3) is 0 Å². The van der Waals surface area contributed by atoms with Crippen molar-refractivity contribution in [1.29, 1.82) is 0 Å². The second-order valence-corrected chi connectivity index (χ2v) is 7.73. The minimum absolute atomic E-state index is 0. The lowest BCUT2D eigenvalue weighted by molar-refractivity contribution is 0.387. The molecule has 1 saturated carbocycles. The number of aryl methyl sites for hydroxylation is 1. The summed E-state index contributed by atoms with van der Waals surface area (Å²) in [6.07, 6.45) is 4.20. The SMILES string of the molecule is CCNC(=NCc1noc(C)n1)NC1CCCC(S(=O)CC)C1.I. The fraction of sp³-hybridized carbons (Fsp3) is 0.800. The summed E-state index contributed by atoms with van der Waals surface area (Å²) in [7, 11) is -0.716. The molecule has 0 amide bonds. The van der Waals surface area contributed by atoms with Gasteiger partial charge in [0, 0.05) is 41.3 Å². The van der Waals surface area contributed by atoms with Gasteiger partial charge in [-0.15, -0.1) is 24.0 Å². The second-order valence-electron chi connectivity index (χ2n) is 5.72. The third kappa shape index (κ3) is 6.66. The first-order valence-electron chi connectivity index (χ1n) is 8.33. The van der Waals surface area contributed by atoms with E-state index in [9.17, 15) is 4.21 Å². The van der Waals surface area contributed by atoms with Crippen LogP contribution in [0, 0.1) is 6.92 Å². The zero-order chi connectivity index (χ0) is 16.7. The highest BCUT2D eigenvalue weighted by molar-refractivity contribution is 14.0. The van der Waals surface area contributed by atoms with Crippen molar-refractivity contribution in [1.82, 2.24) is 20.8 Å². The van der Waals surface area contributed by atoms with E-state index in [-0.39, 0.29) is 24.0 Å². The molecule has 24 heavy (non-hydrogen) atoms. The van der Waals surface area contributed by atoms with Crippen molar-refractivity contribution in [3.8, 4) is 0 Å². The van der Waals surface area contributed by atoms with Crippen LogP contribution in [0.4, 0.5) is 0 Å². The molecule has 0 saturated heterocycles. The molecule has 1 aromatic heterocycles. The van der Waals surface area contributed by atoms with E-state index in [0.717, 1.165) is 43.9 Å². The quantitative estimate of drug-likeness (QED) is 0.377. The van der Waals surface area contributed by atoms with Gasteiger partial charge in [0.1, 0.15) is 6.54 Å². The third-order valence-electron chi connectivity index (χ3n) is 3.92. The van der Waals surface area contributed by atoms with Gasteiger partial charge >= 0.3 is 0 Å². The molecule has 1 fully saturated rings. The number of hydrogen-bond acceptors (Lipinski definition) is 5. The smallest absolute Gasteiger partial charge is 0.223 e. The van der Waals surface area contributed by atoms with Crippen LogP contribution < -0.4 is 10.6 Å². The van der Waals surface area contributed by atoms with Crippen molar-refractivity contribution in [2.24, 2.45) is 4.99 Å². The highest BCUT2D eigenvalue weighted by Gasteiger charge is 2.26. The van der Waals surface area contributed by atoms with Crippen LogP contribution in [0.1, 0.15) is 51.2 Å². The summed E-state index contributed by atoms with van der Waals surface area (Å²) < 4.78 is 17.0. The first kappa shape index (κ1) is 21.3. The van der Waals surface area contributed by atoms with Gasteiger partial charge in [0.05, 0.1) is 0 Å². The summed E-state index contributed by atoms with van der Waals surface area (Å²) >= 11 is 0. The van der Waals surface area contributed by atoms with Crippen LogP contribution in [-0.4, -0.2) is 43.9 Å². The Kier molecular flexibility index (Phi) is 9.79. The average molecular weight is 469 g/mol. The molecule has 0 aliphatic heterocycles. The predicted octanol–water partition coefficient (Wildman–Crippen LogP) is 2.13. The summed E-state index contributed by atoms with van der Waals surface area (Å²) in [5, 5.41) is 10.9. The molecule has 9 heteroatoms. The van der Waals surface area contributed by atoms with E-state index in [1.807, 2.05) is 13.8 Å². The van der Waals surface area contributed by atoms with E-state index in [0.29, 0.717) is 29.6 Å². The monoisotopic (exact) mass is 469 g/mol. The molecule has 0 aromatic carbocycles. The van der Waals surface area contributed by atoms with Crippen LogP contribution in [0.15, 0.2) is 9.52 Å². The third-order valence-corrected chi connectivity index (χ3v) is 5.66. The first-order chi connectivity index (χ1) is 11.1. The molecule has 1 aliphatic rings. The number of aromatic nitrogens is 2. The summed E-state index contributed by atoms with van der Waals surface area (Å²) in [4.78, 5) is 8.67. The molecule has 1 aromatic rings. The number of rotatable bonds is 6. The minimum atomic E-state index is -0.716. The maximum atomic E-state index is 12.0. The van der Waals surface area contributed by atoms with E-state index >= 15 is 0 Å². The molecule has 138 valence electrons. The fourth-order valence-corrected chi connectivity index (χ4v) is 4.17. The molecular weight excluding hydrogens is 441 g/mol. The van der Waals surface area contributed by atoms with Crippen LogP contribution in [0.2, 0.25) is 0 Å². The Morgan fingerprint density at radius 3 is 2.83 bits per heavy atom. The van der Waals surface area contributed by atoms with Crippen molar-refractivity contribution < 1.29 is 8.73 Å². The zero-order valence-electron chi connectivity index (χ0n) is 14.6. The van der Waals surface area contributed by atoms with Crippen molar-refractivity contribution in [3.63, 3.8) is 0 Å². The lowest BCUT2D eigenvalue weighted by Gasteiger charge is -2.30. The van der Waals surface area contributed by atoms with E-state index in [1.54, 1.807) is 6.92 Å². The first-order valence-corrected chi connectivity index (χ1v) is 9.71. The van der Waals surface area contributed by atoms with Gasteiger partial charge < -0.3 is 15.2 Å². The normalized spacial score (nSPS) is 22.5. The van der Waals surface area contributed by atoms with Gasteiger partial charge in [-0.25, -0.2) is 4.99 Å². The molecule has 3 unspecified atom stereocenters. The maximum Gasteiger partial charge on any atom is 0.223 e. The Morgan fingerprint density at radius 1 is 1.42 bits per heavy atom. The van der Waals surface area contributed by atoms with Gasteiger partial charge in [0.15, 0.2) is 11.8 Å². The number of nitrogens with zero attached hydrogens (tertiary/aromatic N) is 3. The molecule has 0 radical (unpaired) electrons. The van der Waals surface area contributed by atoms with Crippen LogP contribution >= 0.6 is 24.0 Å². The van der Waals surface area contributed by atoms with Gasteiger partial charge in [-0.1, -0.05) is 18.5 Å². The Bertz CT molecular complexity index is 552. The average Bonchev–Trinajstić information content (AvgIpc) is 2.98. The van der Waals surface area contributed by atoms with Gasteiger partial charge in [0.2, 0.25) is 5.89 Å². The maximum absolute atomic E-state index is 12.0. The fourth-order valence-electron chi connectivity index (χ4n) is 2.82. The number of nitrogens with one attached hydrogen (secondary N) is 2. The Labute approximate surface area is 163 Å². The number of guanidine groups is 1. The van der Waals surface area contributed by atoms with E-state index in [1.165, 1.54) is 0 Å². The Hall–Kier alpha value is -0.710. The standard InChI is InChI=1S/C15H27N5O2S.HI/c1-4-16-15(17-10-14-18-11(3)22-20-14)19-12-7-6-8-13(9-12)23(21)5-2;/h12-13H,4-10H2,1-3H3,(H2,16,17,19);1H. The lowest BCUT2D eigenvalue weighted by atomic mass is 9.95. The molecule has 2 rings (SSSR count). The summed E-state index contributed by atoms with van der Waals surface area (Å²) in [6.45, 7) is 6.95.